The van der Waals surface area contributed by atoms with E-state index in [0.29, 0.717) is 13.2 Å². The molecule has 14 heavy (non-hydrogen) atoms. The van der Waals surface area contributed by atoms with E-state index in [9.17, 15) is 4.57 Å². The third kappa shape index (κ3) is 4.29. The van der Waals surface area contributed by atoms with Crippen molar-refractivity contribution in [2.24, 2.45) is 0 Å². The molecule has 1 unspecified atom stereocenters. The zero-order chi connectivity index (χ0) is 10.4. The van der Waals surface area contributed by atoms with Gasteiger partial charge >= 0.3 is 8.25 Å². The Morgan fingerprint density at radius 1 is 1.29 bits per heavy atom. The van der Waals surface area contributed by atoms with E-state index in [1.165, 1.54) is 0 Å². The van der Waals surface area contributed by atoms with Crippen molar-refractivity contribution in [3.63, 3.8) is 0 Å². The van der Waals surface area contributed by atoms with Crippen molar-refractivity contribution in [1.82, 2.24) is 0 Å². The standard InChI is InChI=1S/C9H11BrO3P/c1-2-12-14(11)13-7-8-3-5-9(10)6-4-8/h3-6H,2,7H2,1H3/q+1. The summed E-state index contributed by atoms with van der Waals surface area (Å²) >= 11 is 3.33. The van der Waals surface area contributed by atoms with Crippen LogP contribution in [0, 0.1) is 0 Å². The van der Waals surface area contributed by atoms with Gasteiger partial charge in [-0.2, -0.15) is 0 Å². The molecule has 1 aromatic carbocycles. The van der Waals surface area contributed by atoms with E-state index in [0.717, 1.165) is 10.0 Å². The minimum absolute atomic E-state index is 0.308. The Hall–Kier alpha value is -0.280. The second kappa shape index (κ2) is 6.25. The summed E-state index contributed by atoms with van der Waals surface area (Å²) in [6, 6.07) is 7.62. The normalized spacial score (nSPS) is 11.4. The number of halogens is 1. The molecule has 1 aromatic rings. The molecule has 0 aliphatic heterocycles. The van der Waals surface area contributed by atoms with Crippen molar-refractivity contribution in [1.29, 1.82) is 0 Å². The van der Waals surface area contributed by atoms with Gasteiger partial charge < -0.3 is 0 Å². The van der Waals surface area contributed by atoms with Crippen molar-refractivity contribution in [2.75, 3.05) is 6.61 Å². The van der Waals surface area contributed by atoms with Crippen LogP contribution < -0.4 is 0 Å². The van der Waals surface area contributed by atoms with E-state index in [4.69, 9.17) is 9.05 Å². The van der Waals surface area contributed by atoms with E-state index in [-0.39, 0.29) is 0 Å². The molecule has 0 spiro atoms. The lowest BCUT2D eigenvalue weighted by Crippen LogP contribution is -1.87. The van der Waals surface area contributed by atoms with Crippen LogP contribution in [-0.4, -0.2) is 6.61 Å². The van der Waals surface area contributed by atoms with E-state index < -0.39 is 8.25 Å². The second-order valence-electron chi connectivity index (χ2n) is 2.54. The molecule has 0 radical (unpaired) electrons. The van der Waals surface area contributed by atoms with Gasteiger partial charge in [-0.05, 0) is 24.6 Å². The van der Waals surface area contributed by atoms with Crippen molar-refractivity contribution in [3.8, 4) is 0 Å². The summed E-state index contributed by atoms with van der Waals surface area (Å²) in [5.74, 6) is 0. The van der Waals surface area contributed by atoms with Crippen LogP contribution >= 0.6 is 24.2 Å². The van der Waals surface area contributed by atoms with Crippen LogP contribution in [0.2, 0.25) is 0 Å². The number of benzene rings is 1. The fraction of sp³-hybridized carbons (Fsp3) is 0.333. The fourth-order valence-corrected chi connectivity index (χ4v) is 1.65. The summed E-state index contributed by atoms with van der Waals surface area (Å²) in [6.07, 6.45) is 0. The molecule has 1 atom stereocenters. The van der Waals surface area contributed by atoms with Crippen molar-refractivity contribution in [3.05, 3.63) is 34.3 Å². The van der Waals surface area contributed by atoms with Crippen LogP contribution in [0.3, 0.4) is 0 Å². The average molecular weight is 278 g/mol. The largest absolute Gasteiger partial charge is 0.697 e. The Morgan fingerprint density at radius 2 is 1.93 bits per heavy atom. The smallest absolute Gasteiger partial charge is 0.119 e. The molecular formula is C9H11BrO3P+. The first-order valence-electron chi connectivity index (χ1n) is 4.20. The number of hydrogen-bond acceptors (Lipinski definition) is 3. The summed E-state index contributed by atoms with van der Waals surface area (Å²) < 4.78 is 21.7. The highest BCUT2D eigenvalue weighted by Gasteiger charge is 2.18. The van der Waals surface area contributed by atoms with Crippen molar-refractivity contribution >= 4 is 24.2 Å². The lowest BCUT2D eigenvalue weighted by Gasteiger charge is -1.94. The van der Waals surface area contributed by atoms with Gasteiger partial charge in [0.1, 0.15) is 13.2 Å². The van der Waals surface area contributed by atoms with Gasteiger partial charge in [-0.25, -0.2) is 0 Å². The molecule has 0 aromatic heterocycles. The maximum Gasteiger partial charge on any atom is 0.697 e. The summed E-state index contributed by atoms with van der Waals surface area (Å²) in [7, 11) is -1.97. The minimum atomic E-state index is -1.97. The van der Waals surface area contributed by atoms with Crippen LogP contribution in [0.1, 0.15) is 12.5 Å². The highest BCUT2D eigenvalue weighted by Crippen LogP contribution is 2.25. The molecule has 0 heterocycles. The summed E-state index contributed by atoms with van der Waals surface area (Å²) in [4.78, 5) is 0. The molecule has 0 aliphatic carbocycles. The lowest BCUT2D eigenvalue weighted by molar-refractivity contribution is 0.227. The van der Waals surface area contributed by atoms with Gasteiger partial charge in [-0.15, -0.1) is 9.05 Å². The Bertz CT molecular complexity index is 299. The molecule has 76 valence electrons. The molecule has 3 nitrogen and oxygen atoms in total. The van der Waals surface area contributed by atoms with Crippen LogP contribution in [0.25, 0.3) is 0 Å². The number of rotatable bonds is 5. The zero-order valence-electron chi connectivity index (χ0n) is 7.77. The predicted octanol–water partition coefficient (Wildman–Crippen LogP) is 3.66. The maximum atomic E-state index is 11.0. The van der Waals surface area contributed by atoms with E-state index >= 15 is 0 Å². The zero-order valence-corrected chi connectivity index (χ0v) is 10.3. The molecule has 0 aliphatic rings. The Kier molecular flexibility index (Phi) is 5.26. The number of hydrogen-bond donors (Lipinski definition) is 0. The van der Waals surface area contributed by atoms with Gasteiger partial charge in [-0.1, -0.05) is 28.1 Å². The molecule has 0 bridgehead atoms. The van der Waals surface area contributed by atoms with E-state index in [1.54, 1.807) is 6.92 Å². The molecule has 0 saturated heterocycles. The molecule has 1 rings (SSSR count). The first-order chi connectivity index (χ1) is 6.72. The van der Waals surface area contributed by atoms with Crippen LogP contribution in [-0.2, 0) is 20.2 Å². The molecule has 5 heteroatoms. The third-order valence-electron chi connectivity index (χ3n) is 1.48. The van der Waals surface area contributed by atoms with Gasteiger partial charge in [0.05, 0.1) is 0 Å². The highest BCUT2D eigenvalue weighted by atomic mass is 79.9. The Morgan fingerprint density at radius 3 is 2.50 bits per heavy atom. The lowest BCUT2D eigenvalue weighted by atomic mass is 10.2. The van der Waals surface area contributed by atoms with Crippen LogP contribution in [0.15, 0.2) is 28.7 Å². The van der Waals surface area contributed by atoms with Gasteiger partial charge in [0.15, 0.2) is 0 Å². The van der Waals surface area contributed by atoms with Gasteiger partial charge in [0.2, 0.25) is 0 Å². The molecular weight excluding hydrogens is 267 g/mol. The van der Waals surface area contributed by atoms with Gasteiger partial charge in [0, 0.05) is 9.04 Å². The fourth-order valence-electron chi connectivity index (χ4n) is 0.851. The summed E-state index contributed by atoms with van der Waals surface area (Å²) in [6.45, 7) is 2.48. The van der Waals surface area contributed by atoms with Crippen molar-refractivity contribution < 1.29 is 13.6 Å². The molecule has 0 saturated carbocycles. The highest BCUT2D eigenvalue weighted by molar-refractivity contribution is 9.10. The van der Waals surface area contributed by atoms with E-state index in [1.807, 2.05) is 24.3 Å². The molecule has 0 amide bonds. The van der Waals surface area contributed by atoms with Crippen LogP contribution in [0.4, 0.5) is 0 Å². The quantitative estimate of drug-likeness (QED) is 0.771. The van der Waals surface area contributed by atoms with E-state index in [2.05, 4.69) is 15.9 Å². The average Bonchev–Trinajstić information content (AvgIpc) is 2.17. The molecule has 0 N–H and O–H groups in total. The predicted molar refractivity (Wildman–Crippen MR) is 58.2 cm³/mol. The topological polar surface area (TPSA) is 35.5 Å². The first-order valence-corrected chi connectivity index (χ1v) is 6.08. The van der Waals surface area contributed by atoms with Gasteiger partial charge in [-0.3, -0.25) is 0 Å². The Balaban J connectivity index is 2.38. The third-order valence-corrected chi connectivity index (χ3v) is 2.82. The molecule has 0 fully saturated rings. The Labute approximate surface area is 92.5 Å². The SMILES string of the molecule is CCO[P+](=O)OCc1ccc(Br)cc1. The summed E-state index contributed by atoms with van der Waals surface area (Å²) in [5, 5.41) is 0. The first kappa shape index (κ1) is 11.8. The summed E-state index contributed by atoms with van der Waals surface area (Å²) in [5.41, 5.74) is 0.969. The van der Waals surface area contributed by atoms with Gasteiger partial charge in [0.25, 0.3) is 0 Å². The minimum Gasteiger partial charge on any atom is -0.119 e. The maximum absolute atomic E-state index is 11.0. The second-order valence-corrected chi connectivity index (χ2v) is 4.42. The monoisotopic (exact) mass is 277 g/mol. The van der Waals surface area contributed by atoms with Crippen LogP contribution in [0.5, 0.6) is 0 Å². The van der Waals surface area contributed by atoms with Crippen molar-refractivity contribution in [2.45, 2.75) is 13.5 Å².